The lowest BCUT2D eigenvalue weighted by Gasteiger charge is -2.45. The Morgan fingerprint density at radius 3 is 3.15 bits per heavy atom. The minimum atomic E-state index is 0.665. The highest BCUT2D eigenvalue weighted by Crippen LogP contribution is 2.44. The third kappa shape index (κ3) is 1.73. The Kier molecular flexibility index (Phi) is 2.86. The van der Waals surface area contributed by atoms with Crippen LogP contribution in [0, 0.1) is 5.92 Å². The fourth-order valence-electron chi connectivity index (χ4n) is 4.50. The van der Waals surface area contributed by atoms with E-state index in [2.05, 4.69) is 41.3 Å². The van der Waals surface area contributed by atoms with Crippen molar-refractivity contribution in [3.8, 4) is 0 Å². The van der Waals surface area contributed by atoms with Crippen molar-refractivity contribution in [3.05, 3.63) is 35.5 Å². The summed E-state index contributed by atoms with van der Waals surface area (Å²) < 4.78 is 0. The monoisotopic (exact) mass is 269 g/mol. The molecule has 1 aliphatic heterocycles. The van der Waals surface area contributed by atoms with Crippen LogP contribution in [0.4, 0.5) is 0 Å². The molecule has 1 aromatic heterocycles. The van der Waals surface area contributed by atoms with Crippen molar-refractivity contribution >= 4 is 10.9 Å². The molecule has 1 aliphatic carbocycles. The number of likely N-dealkylation sites (tertiary alicyclic amines) is 1. The average Bonchev–Trinajstić information content (AvgIpc) is 2.86. The van der Waals surface area contributed by atoms with Crippen LogP contribution in [-0.2, 0) is 6.42 Å². The van der Waals surface area contributed by atoms with E-state index in [1.54, 1.807) is 5.56 Å². The Morgan fingerprint density at radius 2 is 2.30 bits per heavy atom. The number of rotatable bonds is 2. The normalized spacial score (nSPS) is 29.6. The third-order valence-electron chi connectivity index (χ3n) is 5.39. The summed E-state index contributed by atoms with van der Waals surface area (Å²) in [5.41, 5.74) is 10.2. The second kappa shape index (κ2) is 4.61. The third-order valence-corrected chi connectivity index (χ3v) is 5.39. The first-order valence-electron chi connectivity index (χ1n) is 7.77. The number of fused-ring (bicyclic) bond motifs is 2. The van der Waals surface area contributed by atoms with Gasteiger partial charge in [-0.1, -0.05) is 12.1 Å². The quantitative estimate of drug-likeness (QED) is 0.879. The standard InChI is InChI=1S/C17H23N3/c1-20-10-11(5-6-18)7-14-13-3-2-4-15-17(13)12(9-19-15)8-16(14)20/h2-4,9,11,14,16,19H,5-8,10,18H2,1H3/t11-,14-,16-/m1/s1. The number of nitrogens with one attached hydrogen (secondary N) is 1. The van der Waals surface area contributed by atoms with Crippen molar-refractivity contribution in [3.63, 3.8) is 0 Å². The highest BCUT2D eigenvalue weighted by Gasteiger charge is 2.38. The van der Waals surface area contributed by atoms with E-state index in [1.165, 1.54) is 35.9 Å². The molecular formula is C17H23N3. The van der Waals surface area contributed by atoms with Gasteiger partial charge in [-0.15, -0.1) is 0 Å². The van der Waals surface area contributed by atoms with Crippen LogP contribution in [0.15, 0.2) is 24.4 Å². The van der Waals surface area contributed by atoms with Crippen LogP contribution in [0.25, 0.3) is 10.9 Å². The van der Waals surface area contributed by atoms with E-state index >= 15 is 0 Å². The molecule has 1 aromatic carbocycles. The summed E-state index contributed by atoms with van der Waals surface area (Å²) in [7, 11) is 2.29. The van der Waals surface area contributed by atoms with E-state index in [0.717, 1.165) is 18.9 Å². The molecule has 3 N–H and O–H groups in total. The molecule has 1 fully saturated rings. The topological polar surface area (TPSA) is 45.0 Å². The first-order valence-corrected chi connectivity index (χ1v) is 7.77. The number of likely N-dealkylation sites (N-methyl/N-ethyl adjacent to an activating group) is 1. The Labute approximate surface area is 120 Å². The van der Waals surface area contributed by atoms with Gasteiger partial charge in [0, 0.05) is 35.6 Å². The Bertz CT molecular complexity index is 630. The van der Waals surface area contributed by atoms with Crippen molar-refractivity contribution in [2.24, 2.45) is 11.7 Å². The van der Waals surface area contributed by atoms with E-state index in [4.69, 9.17) is 5.73 Å². The van der Waals surface area contributed by atoms with Crippen molar-refractivity contribution in [2.45, 2.75) is 31.2 Å². The maximum absolute atomic E-state index is 5.79. The summed E-state index contributed by atoms with van der Waals surface area (Å²) in [5.74, 6) is 1.43. The van der Waals surface area contributed by atoms with Gasteiger partial charge < -0.3 is 15.6 Å². The van der Waals surface area contributed by atoms with Crippen LogP contribution in [0.5, 0.6) is 0 Å². The van der Waals surface area contributed by atoms with Crippen LogP contribution >= 0.6 is 0 Å². The van der Waals surface area contributed by atoms with Gasteiger partial charge in [-0.3, -0.25) is 0 Å². The van der Waals surface area contributed by atoms with E-state index in [0.29, 0.717) is 12.0 Å². The zero-order chi connectivity index (χ0) is 13.7. The van der Waals surface area contributed by atoms with Gasteiger partial charge in [0.2, 0.25) is 0 Å². The van der Waals surface area contributed by atoms with E-state index < -0.39 is 0 Å². The predicted molar refractivity (Wildman–Crippen MR) is 82.9 cm³/mol. The lowest BCUT2D eigenvalue weighted by molar-refractivity contribution is 0.109. The summed E-state index contributed by atoms with van der Waals surface area (Å²) in [4.78, 5) is 6.01. The van der Waals surface area contributed by atoms with Crippen LogP contribution < -0.4 is 5.73 Å². The summed E-state index contributed by atoms with van der Waals surface area (Å²) in [6.07, 6.45) is 5.86. The molecule has 0 spiro atoms. The second-order valence-corrected chi connectivity index (χ2v) is 6.58. The Hall–Kier alpha value is -1.32. The highest BCUT2D eigenvalue weighted by molar-refractivity contribution is 5.88. The van der Waals surface area contributed by atoms with Crippen molar-refractivity contribution in [1.82, 2.24) is 9.88 Å². The second-order valence-electron chi connectivity index (χ2n) is 6.58. The van der Waals surface area contributed by atoms with Crippen molar-refractivity contribution in [2.75, 3.05) is 20.1 Å². The molecule has 0 saturated carbocycles. The minimum Gasteiger partial charge on any atom is -0.361 e. The first kappa shape index (κ1) is 12.4. The van der Waals surface area contributed by atoms with Gasteiger partial charge in [0.25, 0.3) is 0 Å². The van der Waals surface area contributed by atoms with Gasteiger partial charge in [0.05, 0.1) is 0 Å². The predicted octanol–water partition coefficient (Wildman–Crippen LogP) is 2.48. The summed E-state index contributed by atoms with van der Waals surface area (Å²) in [6, 6.07) is 7.41. The van der Waals surface area contributed by atoms with Crippen LogP contribution in [0.1, 0.15) is 29.9 Å². The summed E-state index contributed by atoms with van der Waals surface area (Å²) in [6.45, 7) is 2.02. The molecule has 2 aliphatic rings. The SMILES string of the molecule is CN1C[C@H](CCN)C[C@@H]2c3cccc4[nH]cc(c34)C[C@H]21. The van der Waals surface area contributed by atoms with Crippen molar-refractivity contribution in [1.29, 1.82) is 0 Å². The van der Waals surface area contributed by atoms with Gasteiger partial charge in [0.15, 0.2) is 0 Å². The molecule has 3 atom stereocenters. The number of aromatic amines is 1. The number of nitrogens with two attached hydrogens (primary N) is 1. The molecule has 0 unspecified atom stereocenters. The molecule has 0 amide bonds. The molecule has 2 heterocycles. The van der Waals surface area contributed by atoms with Gasteiger partial charge in [-0.25, -0.2) is 0 Å². The molecule has 106 valence electrons. The van der Waals surface area contributed by atoms with Crippen molar-refractivity contribution < 1.29 is 0 Å². The van der Waals surface area contributed by atoms with Gasteiger partial charge >= 0.3 is 0 Å². The number of nitrogens with zero attached hydrogens (tertiary/aromatic N) is 1. The number of hydrogen-bond donors (Lipinski definition) is 2. The Balaban J connectivity index is 1.79. The van der Waals surface area contributed by atoms with Gasteiger partial charge in [-0.2, -0.15) is 0 Å². The molecule has 0 radical (unpaired) electrons. The lowest BCUT2D eigenvalue weighted by Crippen LogP contribution is -2.48. The number of H-pyrrole nitrogens is 1. The lowest BCUT2D eigenvalue weighted by atomic mass is 9.72. The Morgan fingerprint density at radius 1 is 1.40 bits per heavy atom. The zero-order valence-electron chi connectivity index (χ0n) is 12.1. The number of benzene rings is 1. The molecule has 3 nitrogen and oxygen atoms in total. The van der Waals surface area contributed by atoms with E-state index in [-0.39, 0.29) is 0 Å². The average molecular weight is 269 g/mol. The first-order chi connectivity index (χ1) is 9.78. The minimum absolute atomic E-state index is 0.665. The summed E-state index contributed by atoms with van der Waals surface area (Å²) >= 11 is 0. The van der Waals surface area contributed by atoms with Gasteiger partial charge in [0.1, 0.15) is 0 Å². The van der Waals surface area contributed by atoms with E-state index in [1.807, 2.05) is 0 Å². The molecule has 3 heteroatoms. The largest absolute Gasteiger partial charge is 0.361 e. The molecule has 20 heavy (non-hydrogen) atoms. The maximum atomic E-state index is 5.79. The summed E-state index contributed by atoms with van der Waals surface area (Å²) in [5, 5.41) is 1.50. The highest BCUT2D eigenvalue weighted by atomic mass is 15.1. The van der Waals surface area contributed by atoms with Crippen LogP contribution in [0.2, 0.25) is 0 Å². The molecule has 1 saturated heterocycles. The molecule has 0 bridgehead atoms. The molecular weight excluding hydrogens is 246 g/mol. The van der Waals surface area contributed by atoms with E-state index in [9.17, 15) is 0 Å². The maximum Gasteiger partial charge on any atom is 0.0459 e. The fraction of sp³-hybridized carbons (Fsp3) is 0.529. The van der Waals surface area contributed by atoms with Crippen LogP contribution in [0.3, 0.4) is 0 Å². The number of hydrogen-bond acceptors (Lipinski definition) is 2. The zero-order valence-corrected chi connectivity index (χ0v) is 12.1. The molecule has 2 aromatic rings. The fourth-order valence-corrected chi connectivity index (χ4v) is 4.50. The van der Waals surface area contributed by atoms with Gasteiger partial charge in [-0.05, 0) is 56.0 Å². The number of piperidine rings is 1. The number of aromatic nitrogens is 1. The molecule has 4 rings (SSSR count). The van der Waals surface area contributed by atoms with Crippen LogP contribution in [-0.4, -0.2) is 36.1 Å². The smallest absolute Gasteiger partial charge is 0.0459 e.